The van der Waals surface area contributed by atoms with Gasteiger partial charge in [0.15, 0.2) is 5.82 Å². The molecule has 3 rings (SSSR count). The summed E-state index contributed by atoms with van der Waals surface area (Å²) in [5.41, 5.74) is 2.89. The fraction of sp³-hybridized carbons (Fsp3) is 0.267. The Bertz CT molecular complexity index is 763. The van der Waals surface area contributed by atoms with Crippen molar-refractivity contribution in [2.45, 2.75) is 26.8 Å². The zero-order valence-corrected chi connectivity index (χ0v) is 12.6. The first-order chi connectivity index (χ1) is 10.1. The molecule has 0 fully saturated rings. The van der Waals surface area contributed by atoms with Gasteiger partial charge in [0, 0.05) is 18.7 Å². The third kappa shape index (κ3) is 2.97. The summed E-state index contributed by atoms with van der Waals surface area (Å²) in [5, 5.41) is 9.02. The van der Waals surface area contributed by atoms with Crippen LogP contribution >= 0.6 is 11.6 Å². The molecule has 0 amide bonds. The minimum atomic E-state index is 0.448. The summed E-state index contributed by atoms with van der Waals surface area (Å²) in [7, 11) is 0. The standard InChI is InChI=1S/C15H15ClN4O/c1-10-9-11(2)20(18-10)8-7-14-17-15(21-19-14)12-5-3-4-6-13(12)16/h3-6,9H,7-8H2,1-2H3. The first-order valence-corrected chi connectivity index (χ1v) is 7.10. The number of aryl methyl sites for hydroxylation is 4. The van der Waals surface area contributed by atoms with Gasteiger partial charge in [-0.3, -0.25) is 4.68 Å². The van der Waals surface area contributed by atoms with Crippen LogP contribution in [0.4, 0.5) is 0 Å². The van der Waals surface area contributed by atoms with Crippen LogP contribution in [0.2, 0.25) is 5.02 Å². The van der Waals surface area contributed by atoms with E-state index in [9.17, 15) is 0 Å². The summed E-state index contributed by atoms with van der Waals surface area (Å²) in [4.78, 5) is 4.39. The van der Waals surface area contributed by atoms with Crippen LogP contribution in [0, 0.1) is 13.8 Å². The van der Waals surface area contributed by atoms with Crippen molar-refractivity contribution in [2.24, 2.45) is 0 Å². The lowest BCUT2D eigenvalue weighted by molar-refractivity contribution is 0.419. The van der Waals surface area contributed by atoms with Crippen molar-refractivity contribution in [1.82, 2.24) is 19.9 Å². The first-order valence-electron chi connectivity index (χ1n) is 6.72. The summed E-state index contributed by atoms with van der Waals surface area (Å²) in [6, 6.07) is 9.47. The third-order valence-corrected chi connectivity index (χ3v) is 3.55. The van der Waals surface area contributed by atoms with E-state index in [1.165, 1.54) is 0 Å². The highest BCUT2D eigenvalue weighted by atomic mass is 35.5. The predicted octanol–water partition coefficient (Wildman–Crippen LogP) is 3.45. The SMILES string of the molecule is Cc1cc(C)n(CCc2noc(-c3ccccc3Cl)n2)n1. The van der Waals surface area contributed by atoms with E-state index in [0.717, 1.165) is 23.5 Å². The van der Waals surface area contributed by atoms with Crippen LogP contribution in [-0.4, -0.2) is 19.9 Å². The highest BCUT2D eigenvalue weighted by molar-refractivity contribution is 6.33. The van der Waals surface area contributed by atoms with E-state index in [1.807, 2.05) is 42.8 Å². The van der Waals surface area contributed by atoms with Gasteiger partial charge >= 0.3 is 0 Å². The molecule has 0 bridgehead atoms. The molecule has 3 aromatic rings. The maximum atomic E-state index is 6.12. The van der Waals surface area contributed by atoms with Crippen LogP contribution in [-0.2, 0) is 13.0 Å². The van der Waals surface area contributed by atoms with Crippen molar-refractivity contribution in [2.75, 3.05) is 0 Å². The molecule has 6 heteroatoms. The number of nitrogens with zero attached hydrogens (tertiary/aromatic N) is 4. The van der Waals surface area contributed by atoms with E-state index < -0.39 is 0 Å². The van der Waals surface area contributed by atoms with E-state index in [4.69, 9.17) is 16.1 Å². The minimum Gasteiger partial charge on any atom is -0.334 e. The fourth-order valence-electron chi connectivity index (χ4n) is 2.21. The Balaban J connectivity index is 1.74. The van der Waals surface area contributed by atoms with Gasteiger partial charge in [0.05, 0.1) is 16.3 Å². The number of benzene rings is 1. The van der Waals surface area contributed by atoms with Crippen LogP contribution in [0.15, 0.2) is 34.9 Å². The number of halogens is 1. The molecule has 5 nitrogen and oxygen atoms in total. The smallest absolute Gasteiger partial charge is 0.259 e. The van der Waals surface area contributed by atoms with E-state index in [0.29, 0.717) is 23.2 Å². The van der Waals surface area contributed by atoms with Crippen molar-refractivity contribution < 1.29 is 4.52 Å². The van der Waals surface area contributed by atoms with Crippen LogP contribution in [0.3, 0.4) is 0 Å². The lowest BCUT2D eigenvalue weighted by Crippen LogP contribution is -2.06. The molecule has 0 aliphatic rings. The average Bonchev–Trinajstić information content (AvgIpc) is 3.04. The molecule has 0 N–H and O–H groups in total. The van der Waals surface area contributed by atoms with Crippen molar-refractivity contribution >= 4 is 11.6 Å². The molecule has 21 heavy (non-hydrogen) atoms. The average molecular weight is 303 g/mol. The Labute approximate surface area is 127 Å². The van der Waals surface area contributed by atoms with E-state index in [1.54, 1.807) is 6.07 Å². The van der Waals surface area contributed by atoms with Gasteiger partial charge in [-0.25, -0.2) is 0 Å². The molecule has 0 unspecified atom stereocenters. The predicted molar refractivity (Wildman–Crippen MR) is 80.1 cm³/mol. The van der Waals surface area contributed by atoms with Gasteiger partial charge < -0.3 is 4.52 Å². The molecule has 2 heterocycles. The Morgan fingerprint density at radius 1 is 1.24 bits per heavy atom. The van der Waals surface area contributed by atoms with Gasteiger partial charge in [0.2, 0.25) is 0 Å². The molecule has 0 saturated carbocycles. The van der Waals surface area contributed by atoms with Crippen LogP contribution in [0.25, 0.3) is 11.5 Å². The van der Waals surface area contributed by atoms with Crippen LogP contribution in [0.5, 0.6) is 0 Å². The highest BCUT2D eigenvalue weighted by Crippen LogP contribution is 2.25. The Kier molecular flexibility index (Phi) is 3.75. The molecule has 1 aromatic carbocycles. The van der Waals surface area contributed by atoms with Gasteiger partial charge in [-0.05, 0) is 32.0 Å². The second-order valence-electron chi connectivity index (χ2n) is 4.90. The molecule has 0 saturated heterocycles. The molecule has 2 aromatic heterocycles. The fourth-order valence-corrected chi connectivity index (χ4v) is 2.42. The van der Waals surface area contributed by atoms with Crippen LogP contribution in [0.1, 0.15) is 17.2 Å². The molecule has 0 spiro atoms. The summed E-state index contributed by atoms with van der Waals surface area (Å²) < 4.78 is 7.23. The summed E-state index contributed by atoms with van der Waals surface area (Å²) in [6.07, 6.45) is 0.663. The van der Waals surface area contributed by atoms with Gasteiger partial charge in [-0.15, -0.1) is 0 Å². The second-order valence-corrected chi connectivity index (χ2v) is 5.30. The summed E-state index contributed by atoms with van der Waals surface area (Å²) in [6.45, 7) is 4.74. The lowest BCUT2D eigenvalue weighted by Gasteiger charge is -2.00. The van der Waals surface area contributed by atoms with Gasteiger partial charge in [0.1, 0.15) is 0 Å². The first kappa shape index (κ1) is 13.8. The van der Waals surface area contributed by atoms with E-state index in [-0.39, 0.29) is 0 Å². The van der Waals surface area contributed by atoms with Crippen molar-refractivity contribution in [3.8, 4) is 11.5 Å². The molecule has 0 aliphatic heterocycles. The largest absolute Gasteiger partial charge is 0.334 e. The zero-order valence-electron chi connectivity index (χ0n) is 11.9. The lowest BCUT2D eigenvalue weighted by atomic mass is 10.2. The molecular formula is C15H15ClN4O. The topological polar surface area (TPSA) is 56.7 Å². The molecule has 0 atom stereocenters. The quantitative estimate of drug-likeness (QED) is 0.740. The normalized spacial score (nSPS) is 11.0. The molecule has 0 aliphatic carbocycles. The highest BCUT2D eigenvalue weighted by Gasteiger charge is 2.12. The van der Waals surface area contributed by atoms with Crippen molar-refractivity contribution in [1.29, 1.82) is 0 Å². The van der Waals surface area contributed by atoms with E-state index >= 15 is 0 Å². The second kappa shape index (κ2) is 5.69. The number of rotatable bonds is 4. The van der Waals surface area contributed by atoms with E-state index in [2.05, 4.69) is 15.2 Å². The van der Waals surface area contributed by atoms with Crippen LogP contribution < -0.4 is 0 Å². The third-order valence-electron chi connectivity index (χ3n) is 3.22. The van der Waals surface area contributed by atoms with Crippen molar-refractivity contribution in [3.63, 3.8) is 0 Å². The number of hydrogen-bond acceptors (Lipinski definition) is 4. The zero-order chi connectivity index (χ0) is 14.8. The summed E-state index contributed by atoms with van der Waals surface area (Å²) in [5.74, 6) is 1.10. The molecular weight excluding hydrogens is 288 g/mol. The van der Waals surface area contributed by atoms with Gasteiger partial charge in [-0.1, -0.05) is 28.9 Å². The van der Waals surface area contributed by atoms with Gasteiger partial charge in [0.25, 0.3) is 5.89 Å². The number of hydrogen-bond donors (Lipinski definition) is 0. The number of aromatic nitrogens is 4. The van der Waals surface area contributed by atoms with Crippen molar-refractivity contribution in [3.05, 3.63) is 52.6 Å². The summed E-state index contributed by atoms with van der Waals surface area (Å²) >= 11 is 6.12. The Morgan fingerprint density at radius 3 is 2.76 bits per heavy atom. The van der Waals surface area contributed by atoms with Gasteiger partial charge in [-0.2, -0.15) is 10.1 Å². The monoisotopic (exact) mass is 302 g/mol. The molecule has 0 radical (unpaired) electrons. The Morgan fingerprint density at radius 2 is 2.05 bits per heavy atom. The minimum absolute atomic E-state index is 0.448. The maximum Gasteiger partial charge on any atom is 0.259 e. The molecule has 108 valence electrons. The Hall–Kier alpha value is -2.14. The maximum absolute atomic E-state index is 6.12.